The largest absolute Gasteiger partial charge is 0.488 e. The number of rotatable bonds is 7. The lowest BCUT2D eigenvalue weighted by molar-refractivity contribution is 0.176. The Hall–Kier alpha value is -1.72. The minimum atomic E-state index is 0.228. The maximum Gasteiger partial charge on any atom is 0.192 e. The maximum atomic E-state index is 6.11. The van der Waals surface area contributed by atoms with E-state index in [9.17, 15) is 0 Å². The smallest absolute Gasteiger partial charge is 0.192 e. The predicted octanol–water partition coefficient (Wildman–Crippen LogP) is 4.08. The molecule has 24 heavy (non-hydrogen) atoms. The first kappa shape index (κ1) is 17.1. The number of hydrogen-bond acceptors (Lipinski definition) is 5. The summed E-state index contributed by atoms with van der Waals surface area (Å²) in [6.45, 7) is 5.97. The van der Waals surface area contributed by atoms with Gasteiger partial charge < -0.3 is 14.0 Å². The number of nitrogens with zero attached hydrogens (tertiary/aromatic N) is 2. The minimum Gasteiger partial charge on any atom is -0.488 e. The van der Waals surface area contributed by atoms with Gasteiger partial charge in [0, 0.05) is 6.54 Å². The van der Waals surface area contributed by atoms with Crippen molar-refractivity contribution >= 4 is 11.6 Å². The first-order chi connectivity index (χ1) is 11.7. The molecule has 1 fully saturated rings. The number of ether oxygens (including phenoxy) is 2. The van der Waals surface area contributed by atoms with Crippen molar-refractivity contribution in [3.8, 4) is 11.5 Å². The fraction of sp³-hybridized carbons (Fsp3) is 0.500. The molecule has 2 heterocycles. The molecule has 0 bridgehead atoms. The number of aryl methyl sites for hydroxylation is 1. The molecule has 1 aliphatic heterocycles. The molecule has 6 heteroatoms. The quantitative estimate of drug-likeness (QED) is 0.753. The van der Waals surface area contributed by atoms with Crippen LogP contribution in [0, 0.1) is 6.92 Å². The van der Waals surface area contributed by atoms with Crippen molar-refractivity contribution in [2.24, 2.45) is 0 Å². The predicted molar refractivity (Wildman–Crippen MR) is 92.8 cm³/mol. The standard InChI is InChI=1S/C18H23ClN2O3/c1-14-18(19)17(24-20-14)13-23-16-8-4-3-7-15(16)22-12-11-21-9-5-2-6-10-21/h3-4,7-8H,2,5-6,9-13H2,1H3. The van der Waals surface area contributed by atoms with Crippen LogP contribution in [0.2, 0.25) is 5.02 Å². The van der Waals surface area contributed by atoms with E-state index in [1.165, 1.54) is 32.4 Å². The summed E-state index contributed by atoms with van der Waals surface area (Å²) in [5.41, 5.74) is 0.668. The van der Waals surface area contributed by atoms with Gasteiger partial charge in [-0.3, -0.25) is 4.90 Å². The van der Waals surface area contributed by atoms with Gasteiger partial charge in [0.25, 0.3) is 0 Å². The van der Waals surface area contributed by atoms with Crippen LogP contribution in [0.15, 0.2) is 28.8 Å². The van der Waals surface area contributed by atoms with Gasteiger partial charge in [0.15, 0.2) is 23.9 Å². The molecular formula is C18H23ClN2O3. The Morgan fingerprint density at radius 3 is 2.50 bits per heavy atom. The third-order valence-electron chi connectivity index (χ3n) is 4.18. The summed E-state index contributed by atoms with van der Waals surface area (Å²) in [4.78, 5) is 2.45. The molecule has 130 valence electrons. The van der Waals surface area contributed by atoms with Crippen LogP contribution < -0.4 is 9.47 Å². The maximum absolute atomic E-state index is 6.11. The topological polar surface area (TPSA) is 47.7 Å². The number of para-hydroxylation sites is 2. The lowest BCUT2D eigenvalue weighted by atomic mass is 10.1. The Balaban J connectivity index is 1.53. The Bertz CT molecular complexity index is 653. The Labute approximate surface area is 147 Å². The number of halogens is 1. The SMILES string of the molecule is Cc1noc(COc2ccccc2OCCN2CCCCC2)c1Cl. The molecule has 0 atom stereocenters. The van der Waals surface area contributed by atoms with Gasteiger partial charge in [0.2, 0.25) is 0 Å². The molecule has 5 nitrogen and oxygen atoms in total. The average molecular weight is 351 g/mol. The van der Waals surface area contributed by atoms with Crippen LogP contribution in [-0.2, 0) is 6.61 Å². The van der Waals surface area contributed by atoms with Crippen molar-refractivity contribution in [1.29, 1.82) is 0 Å². The monoisotopic (exact) mass is 350 g/mol. The highest BCUT2D eigenvalue weighted by molar-refractivity contribution is 6.31. The summed E-state index contributed by atoms with van der Waals surface area (Å²) >= 11 is 6.11. The summed E-state index contributed by atoms with van der Waals surface area (Å²) in [5.74, 6) is 1.94. The molecule has 0 amide bonds. The van der Waals surface area contributed by atoms with Gasteiger partial charge in [-0.15, -0.1) is 0 Å². The number of aromatic nitrogens is 1. The van der Waals surface area contributed by atoms with Gasteiger partial charge in [-0.05, 0) is 45.0 Å². The van der Waals surface area contributed by atoms with E-state index < -0.39 is 0 Å². The molecule has 0 spiro atoms. The lowest BCUT2D eigenvalue weighted by Gasteiger charge is -2.26. The van der Waals surface area contributed by atoms with Crippen LogP contribution in [0.3, 0.4) is 0 Å². The molecular weight excluding hydrogens is 328 g/mol. The molecule has 0 N–H and O–H groups in total. The second kappa shape index (κ2) is 8.40. The number of likely N-dealkylation sites (tertiary alicyclic amines) is 1. The van der Waals surface area contributed by atoms with Crippen molar-refractivity contribution in [2.45, 2.75) is 32.8 Å². The molecule has 0 radical (unpaired) electrons. The fourth-order valence-corrected chi connectivity index (χ4v) is 2.92. The zero-order valence-corrected chi connectivity index (χ0v) is 14.7. The Kier molecular flexibility index (Phi) is 5.99. The second-order valence-corrected chi connectivity index (χ2v) is 6.37. The second-order valence-electron chi connectivity index (χ2n) is 5.99. The molecule has 3 rings (SSSR count). The van der Waals surface area contributed by atoms with Crippen molar-refractivity contribution in [2.75, 3.05) is 26.2 Å². The minimum absolute atomic E-state index is 0.228. The summed E-state index contributed by atoms with van der Waals surface area (Å²) in [6, 6.07) is 7.65. The number of piperidine rings is 1. The zero-order valence-electron chi connectivity index (χ0n) is 14.0. The highest BCUT2D eigenvalue weighted by Crippen LogP contribution is 2.29. The molecule has 2 aromatic rings. The van der Waals surface area contributed by atoms with E-state index in [1.807, 2.05) is 24.3 Å². The first-order valence-corrected chi connectivity index (χ1v) is 8.79. The Morgan fingerprint density at radius 2 is 1.83 bits per heavy atom. The highest BCUT2D eigenvalue weighted by Gasteiger charge is 2.13. The van der Waals surface area contributed by atoms with Crippen LogP contribution in [-0.4, -0.2) is 36.3 Å². The van der Waals surface area contributed by atoms with Crippen LogP contribution in [0.25, 0.3) is 0 Å². The number of hydrogen-bond donors (Lipinski definition) is 0. The van der Waals surface area contributed by atoms with Crippen LogP contribution in [0.1, 0.15) is 30.7 Å². The summed E-state index contributed by atoms with van der Waals surface area (Å²) < 4.78 is 16.9. The molecule has 0 unspecified atom stereocenters. The van der Waals surface area contributed by atoms with Crippen molar-refractivity contribution in [3.05, 3.63) is 40.7 Å². The van der Waals surface area contributed by atoms with Gasteiger partial charge in [0.05, 0.1) is 5.69 Å². The van der Waals surface area contributed by atoms with E-state index >= 15 is 0 Å². The summed E-state index contributed by atoms with van der Waals surface area (Å²) in [6.07, 6.45) is 3.92. The van der Waals surface area contributed by atoms with Crippen LogP contribution in [0.4, 0.5) is 0 Å². The molecule has 0 saturated carbocycles. The van der Waals surface area contributed by atoms with Gasteiger partial charge in [-0.1, -0.05) is 35.3 Å². The molecule has 1 aromatic carbocycles. The van der Waals surface area contributed by atoms with Gasteiger partial charge >= 0.3 is 0 Å². The van der Waals surface area contributed by atoms with E-state index in [-0.39, 0.29) is 6.61 Å². The molecule has 0 aliphatic carbocycles. The van der Waals surface area contributed by atoms with Crippen LogP contribution in [0.5, 0.6) is 11.5 Å². The first-order valence-electron chi connectivity index (χ1n) is 8.41. The zero-order chi connectivity index (χ0) is 16.8. The van der Waals surface area contributed by atoms with Crippen molar-refractivity contribution in [3.63, 3.8) is 0 Å². The third-order valence-corrected chi connectivity index (χ3v) is 4.66. The fourth-order valence-electron chi connectivity index (χ4n) is 2.79. The molecule has 1 aromatic heterocycles. The third kappa shape index (κ3) is 4.42. The van der Waals surface area contributed by atoms with Crippen molar-refractivity contribution < 1.29 is 14.0 Å². The highest BCUT2D eigenvalue weighted by atomic mass is 35.5. The van der Waals surface area contributed by atoms with Gasteiger partial charge in [-0.25, -0.2) is 0 Å². The normalized spacial score (nSPS) is 15.4. The summed E-state index contributed by atoms with van der Waals surface area (Å²) in [7, 11) is 0. The van der Waals surface area contributed by atoms with E-state index in [1.54, 1.807) is 6.92 Å². The molecule has 1 aliphatic rings. The lowest BCUT2D eigenvalue weighted by Crippen LogP contribution is -2.33. The number of benzene rings is 1. The van der Waals surface area contributed by atoms with E-state index in [0.717, 1.165) is 12.3 Å². The van der Waals surface area contributed by atoms with E-state index in [0.29, 0.717) is 28.8 Å². The van der Waals surface area contributed by atoms with Gasteiger partial charge in [0.1, 0.15) is 11.6 Å². The van der Waals surface area contributed by atoms with Crippen LogP contribution >= 0.6 is 11.6 Å². The average Bonchev–Trinajstić information content (AvgIpc) is 2.94. The Morgan fingerprint density at radius 1 is 1.12 bits per heavy atom. The van der Waals surface area contributed by atoms with Gasteiger partial charge in [-0.2, -0.15) is 0 Å². The molecule has 1 saturated heterocycles. The van der Waals surface area contributed by atoms with E-state index in [2.05, 4.69) is 10.1 Å². The van der Waals surface area contributed by atoms with Crippen molar-refractivity contribution in [1.82, 2.24) is 10.1 Å². The van der Waals surface area contributed by atoms with E-state index in [4.69, 9.17) is 25.6 Å². The summed E-state index contributed by atoms with van der Waals surface area (Å²) in [5, 5.41) is 4.34.